The van der Waals surface area contributed by atoms with Gasteiger partial charge in [0, 0.05) is 53.1 Å². The number of carbonyl (C=O) groups excluding carboxylic acids is 2. The van der Waals surface area contributed by atoms with Crippen molar-refractivity contribution >= 4 is 11.8 Å². The van der Waals surface area contributed by atoms with E-state index in [0.29, 0.717) is 12.8 Å². The third-order valence-corrected chi connectivity index (χ3v) is 8.55. The molecule has 0 unspecified atom stereocenters. The van der Waals surface area contributed by atoms with Crippen molar-refractivity contribution in [2.75, 3.05) is 54.5 Å². The zero-order chi connectivity index (χ0) is 33.2. The Labute approximate surface area is 279 Å². The van der Waals surface area contributed by atoms with E-state index in [2.05, 4.69) is 34.9 Å². The molecule has 0 atom stereocenters. The molecule has 0 aliphatic rings. The monoisotopic (exact) mass is 638 g/mol. The number of unbranched alkanes of at least 4 members (excludes halogenated alkanes) is 9. The Bertz CT molecular complexity index is 976. The third kappa shape index (κ3) is 18.1. The average Bonchev–Trinajstić information content (AvgIpc) is 3.08. The van der Waals surface area contributed by atoms with Crippen LogP contribution in [0.25, 0.3) is 0 Å². The maximum atomic E-state index is 12.4. The number of carbonyl (C=O) groups is 2. The molecule has 2 N–H and O–H groups in total. The van der Waals surface area contributed by atoms with E-state index in [9.17, 15) is 9.59 Å². The van der Waals surface area contributed by atoms with Crippen LogP contribution < -0.4 is 20.1 Å². The van der Waals surface area contributed by atoms with Crippen LogP contribution in [-0.4, -0.2) is 76.1 Å². The van der Waals surface area contributed by atoms with E-state index in [1.165, 1.54) is 24.0 Å². The maximum Gasteiger partial charge on any atom is 0.222 e. The van der Waals surface area contributed by atoms with E-state index in [1.54, 1.807) is 14.2 Å². The molecule has 2 amide bonds. The van der Waals surface area contributed by atoms with Crippen LogP contribution in [0, 0.1) is 0 Å². The molecule has 2 aromatic rings. The molecule has 0 saturated heterocycles. The van der Waals surface area contributed by atoms with Gasteiger partial charge in [0.05, 0.1) is 14.2 Å². The van der Waals surface area contributed by atoms with E-state index in [-0.39, 0.29) is 11.8 Å². The fraction of sp³-hybridized carbons (Fsp3) is 0.632. The highest BCUT2D eigenvalue weighted by Crippen LogP contribution is 2.13. The number of amides is 2. The average molecular weight is 639 g/mol. The van der Waals surface area contributed by atoms with Crippen molar-refractivity contribution in [3.05, 3.63) is 59.7 Å². The lowest BCUT2D eigenvalue weighted by atomic mass is 10.1. The second kappa shape index (κ2) is 25.0. The lowest BCUT2D eigenvalue weighted by molar-refractivity contribution is -0.130. The second-order valence-corrected chi connectivity index (χ2v) is 12.4. The molecular weight excluding hydrogens is 576 g/mol. The standard InChI is InChI=1S/C38H62N4O4/c1-41(37(43)17-11-9-13-27-39-31-33-19-23-35(45-3)24-20-33)29-15-7-5-6-8-16-30-42(2)38(44)18-12-10-14-28-40-32-34-21-25-36(46-4)26-22-34/h19-26,39-40H,5-18,27-32H2,1-4H3. The fourth-order valence-electron chi connectivity index (χ4n) is 5.39. The second-order valence-electron chi connectivity index (χ2n) is 12.4. The normalized spacial score (nSPS) is 11.0. The predicted molar refractivity (Wildman–Crippen MR) is 189 cm³/mol. The Morgan fingerprint density at radius 2 is 0.870 bits per heavy atom. The van der Waals surface area contributed by atoms with Crippen molar-refractivity contribution in [1.29, 1.82) is 0 Å². The minimum atomic E-state index is 0.264. The van der Waals surface area contributed by atoms with Crippen LogP contribution in [-0.2, 0) is 22.7 Å². The molecular formula is C38H62N4O4. The summed E-state index contributed by atoms with van der Waals surface area (Å²) in [6.45, 7) is 5.34. The van der Waals surface area contributed by atoms with Gasteiger partial charge in [-0.25, -0.2) is 0 Å². The van der Waals surface area contributed by atoms with Crippen LogP contribution in [0.4, 0.5) is 0 Å². The summed E-state index contributed by atoms with van der Waals surface area (Å²) in [7, 11) is 7.24. The molecule has 46 heavy (non-hydrogen) atoms. The van der Waals surface area contributed by atoms with Gasteiger partial charge < -0.3 is 29.9 Å². The molecule has 8 nitrogen and oxygen atoms in total. The van der Waals surface area contributed by atoms with Crippen molar-refractivity contribution in [2.24, 2.45) is 0 Å². The number of hydrogen-bond acceptors (Lipinski definition) is 6. The zero-order valence-corrected chi connectivity index (χ0v) is 29.3. The van der Waals surface area contributed by atoms with Gasteiger partial charge in [0.1, 0.15) is 11.5 Å². The van der Waals surface area contributed by atoms with E-state index in [4.69, 9.17) is 9.47 Å². The summed E-state index contributed by atoms with van der Waals surface area (Å²) in [4.78, 5) is 28.7. The Balaban J connectivity index is 1.34. The molecule has 0 aliphatic carbocycles. The molecule has 0 aromatic heterocycles. The van der Waals surface area contributed by atoms with Gasteiger partial charge in [0.25, 0.3) is 0 Å². The van der Waals surface area contributed by atoms with Gasteiger partial charge in [-0.2, -0.15) is 0 Å². The predicted octanol–water partition coefficient (Wildman–Crippen LogP) is 6.96. The summed E-state index contributed by atoms with van der Waals surface area (Å²) in [5.41, 5.74) is 2.50. The highest BCUT2D eigenvalue weighted by Gasteiger charge is 2.09. The van der Waals surface area contributed by atoms with Gasteiger partial charge in [-0.1, -0.05) is 62.8 Å². The van der Waals surface area contributed by atoms with E-state index < -0.39 is 0 Å². The first kappa shape index (κ1) is 39.1. The van der Waals surface area contributed by atoms with Crippen LogP contribution in [0.15, 0.2) is 48.5 Å². The number of nitrogens with zero attached hydrogens (tertiary/aromatic N) is 2. The fourth-order valence-corrected chi connectivity index (χ4v) is 5.39. The number of rotatable bonds is 27. The minimum absolute atomic E-state index is 0.264. The molecule has 0 saturated carbocycles. The lowest BCUT2D eigenvalue weighted by Crippen LogP contribution is -2.27. The van der Waals surface area contributed by atoms with Gasteiger partial charge in [0.2, 0.25) is 11.8 Å². The molecule has 8 heteroatoms. The number of hydrogen-bond donors (Lipinski definition) is 2. The van der Waals surface area contributed by atoms with E-state index >= 15 is 0 Å². The van der Waals surface area contributed by atoms with Crippen LogP contribution in [0.3, 0.4) is 0 Å². The summed E-state index contributed by atoms with van der Waals surface area (Å²) < 4.78 is 10.4. The van der Waals surface area contributed by atoms with Gasteiger partial charge >= 0.3 is 0 Å². The third-order valence-electron chi connectivity index (χ3n) is 8.55. The van der Waals surface area contributed by atoms with Crippen molar-refractivity contribution in [2.45, 2.75) is 103 Å². The van der Waals surface area contributed by atoms with Gasteiger partial charge in [-0.3, -0.25) is 9.59 Å². The van der Waals surface area contributed by atoms with E-state index in [1.807, 2.05) is 48.2 Å². The molecule has 258 valence electrons. The summed E-state index contributed by atoms with van der Waals surface area (Å²) in [5.74, 6) is 2.29. The van der Waals surface area contributed by atoms with Crippen LogP contribution in [0.5, 0.6) is 11.5 Å². The quantitative estimate of drug-likeness (QED) is 0.103. The Hall–Kier alpha value is -3.10. The first-order valence-electron chi connectivity index (χ1n) is 17.6. The van der Waals surface area contributed by atoms with Gasteiger partial charge in [-0.15, -0.1) is 0 Å². The smallest absolute Gasteiger partial charge is 0.222 e. The number of ether oxygens (including phenoxy) is 2. The van der Waals surface area contributed by atoms with Crippen molar-refractivity contribution in [1.82, 2.24) is 20.4 Å². The minimum Gasteiger partial charge on any atom is -0.497 e. The molecule has 0 fully saturated rings. The largest absolute Gasteiger partial charge is 0.497 e. The van der Waals surface area contributed by atoms with Crippen LogP contribution in [0.2, 0.25) is 0 Å². The van der Waals surface area contributed by atoms with Crippen LogP contribution >= 0.6 is 0 Å². The molecule has 2 aromatic carbocycles. The lowest BCUT2D eigenvalue weighted by Gasteiger charge is -2.18. The van der Waals surface area contributed by atoms with Crippen molar-refractivity contribution in [3.63, 3.8) is 0 Å². The topological polar surface area (TPSA) is 83.1 Å². The number of methoxy groups -OCH3 is 2. The van der Waals surface area contributed by atoms with Gasteiger partial charge in [0.15, 0.2) is 0 Å². The first-order valence-corrected chi connectivity index (χ1v) is 17.6. The summed E-state index contributed by atoms with van der Waals surface area (Å²) >= 11 is 0. The molecule has 0 heterocycles. The summed E-state index contributed by atoms with van der Waals surface area (Å²) in [6, 6.07) is 16.3. The first-order chi connectivity index (χ1) is 22.4. The van der Waals surface area contributed by atoms with Crippen molar-refractivity contribution < 1.29 is 19.1 Å². The number of nitrogens with one attached hydrogen (secondary N) is 2. The molecule has 0 radical (unpaired) electrons. The summed E-state index contributed by atoms with van der Waals surface area (Å²) in [6.07, 6.45) is 14.3. The molecule has 0 bridgehead atoms. The Morgan fingerprint density at radius 1 is 0.522 bits per heavy atom. The Morgan fingerprint density at radius 3 is 1.24 bits per heavy atom. The van der Waals surface area contributed by atoms with Gasteiger partial charge in [-0.05, 0) is 87.0 Å². The Kier molecular flexibility index (Phi) is 21.3. The van der Waals surface area contributed by atoms with Crippen LogP contribution in [0.1, 0.15) is 101 Å². The maximum absolute atomic E-state index is 12.4. The summed E-state index contributed by atoms with van der Waals surface area (Å²) in [5, 5.41) is 6.95. The molecule has 0 spiro atoms. The number of benzene rings is 2. The van der Waals surface area contributed by atoms with E-state index in [0.717, 1.165) is 115 Å². The highest BCUT2D eigenvalue weighted by molar-refractivity contribution is 5.76. The SMILES string of the molecule is COc1ccc(CNCCCCCC(=O)N(C)CCCCCCCCN(C)C(=O)CCCCCNCc2ccc(OC)cc2)cc1. The molecule has 2 rings (SSSR count). The zero-order valence-electron chi connectivity index (χ0n) is 29.3. The molecule has 0 aliphatic heterocycles. The highest BCUT2D eigenvalue weighted by atomic mass is 16.5. The van der Waals surface area contributed by atoms with Crippen molar-refractivity contribution in [3.8, 4) is 11.5 Å².